The van der Waals surface area contributed by atoms with Crippen LogP contribution in [0, 0.1) is 23.2 Å². The maximum Gasteiger partial charge on any atom is 0.312 e. The van der Waals surface area contributed by atoms with E-state index >= 15 is 0 Å². The Morgan fingerprint density at radius 1 is 1.32 bits per heavy atom. The first-order valence-corrected chi connectivity index (χ1v) is 14.9. The van der Waals surface area contributed by atoms with E-state index in [0.29, 0.717) is 19.4 Å². The second kappa shape index (κ2) is 11.2. The Hall–Kier alpha value is -1.45. The van der Waals surface area contributed by atoms with Gasteiger partial charge in [0.05, 0.1) is 37.2 Å². The first-order valence-electron chi connectivity index (χ1n) is 14.0. The van der Waals surface area contributed by atoms with Crippen molar-refractivity contribution in [3.63, 3.8) is 0 Å². The third-order valence-electron chi connectivity index (χ3n) is 8.64. The van der Waals surface area contributed by atoms with Crippen molar-refractivity contribution in [1.82, 2.24) is 9.80 Å². The number of halogens is 1. The lowest BCUT2D eigenvalue weighted by atomic mass is 9.70. The van der Waals surface area contributed by atoms with Crippen molar-refractivity contribution < 1.29 is 29.0 Å². The number of carbonyl (C=O) groups is 3. The number of fused-ring (bicyclic) bond motifs is 1. The summed E-state index contributed by atoms with van der Waals surface area (Å²) in [6, 6.07) is -1.56. The summed E-state index contributed by atoms with van der Waals surface area (Å²) in [5, 5.41) is 10.5. The molecule has 0 aliphatic carbocycles. The van der Waals surface area contributed by atoms with Gasteiger partial charge in [0.25, 0.3) is 0 Å². The topological polar surface area (TPSA) is 96.4 Å². The summed E-state index contributed by atoms with van der Waals surface area (Å²) in [4.78, 5) is 45.4. The van der Waals surface area contributed by atoms with Gasteiger partial charge < -0.3 is 24.4 Å². The molecule has 3 heterocycles. The molecule has 1 N–H and O–H groups in total. The van der Waals surface area contributed by atoms with E-state index in [9.17, 15) is 19.5 Å². The highest BCUT2D eigenvalue weighted by molar-refractivity contribution is 9.09. The van der Waals surface area contributed by atoms with Crippen molar-refractivity contribution in [2.45, 2.75) is 109 Å². The Balaban J connectivity index is 2.19. The van der Waals surface area contributed by atoms with Crippen LogP contribution in [0.3, 0.4) is 0 Å². The lowest BCUT2D eigenvalue weighted by Gasteiger charge is -2.47. The molecule has 9 heteroatoms. The molecule has 8 atom stereocenters. The molecule has 38 heavy (non-hydrogen) atoms. The van der Waals surface area contributed by atoms with Crippen molar-refractivity contribution in [2.24, 2.45) is 23.2 Å². The van der Waals surface area contributed by atoms with Gasteiger partial charge in [-0.3, -0.25) is 14.4 Å². The highest BCUT2D eigenvalue weighted by Crippen LogP contribution is 2.61. The predicted molar refractivity (Wildman–Crippen MR) is 150 cm³/mol. The van der Waals surface area contributed by atoms with Gasteiger partial charge in [-0.15, -0.1) is 6.58 Å². The van der Waals surface area contributed by atoms with Crippen molar-refractivity contribution >= 4 is 33.7 Å². The maximum absolute atomic E-state index is 14.8. The van der Waals surface area contributed by atoms with Gasteiger partial charge in [-0.25, -0.2) is 0 Å². The molecule has 216 valence electrons. The number of ether oxygens (including phenoxy) is 2. The molecule has 8 nitrogen and oxygen atoms in total. The van der Waals surface area contributed by atoms with Crippen LogP contribution in [0.2, 0.25) is 0 Å². The standard InChI is InChI=1S/C29H47BrN2O6/c1-10-13-31(28(8,9)16-27(5,6)7)25(35)23-29-14-18(30)22(38-29)20(26(36)37-12-3)21(29)24(34)32(23)19(15-33)17(4)11-2/h10,17-23,33H,1,11-16H2,2-9H3/t17-,18?,19-,20+,21-,22+,23+,29-/m0/s1. The zero-order valence-corrected chi connectivity index (χ0v) is 25.9. The molecular weight excluding hydrogens is 552 g/mol. The number of hydrogen-bond acceptors (Lipinski definition) is 6. The van der Waals surface area contributed by atoms with Gasteiger partial charge in [-0.1, -0.05) is 63.0 Å². The number of esters is 1. The summed E-state index contributed by atoms with van der Waals surface area (Å²) in [6.07, 6.45) is 3.00. The number of aliphatic hydroxyl groups excluding tert-OH is 1. The number of carbonyl (C=O) groups excluding carboxylic acids is 3. The van der Waals surface area contributed by atoms with Crippen molar-refractivity contribution in [3.8, 4) is 0 Å². The average Bonchev–Trinajstić information content (AvgIpc) is 3.39. The molecule has 0 aromatic carbocycles. The Morgan fingerprint density at radius 2 is 1.95 bits per heavy atom. The van der Waals surface area contributed by atoms with Crippen LogP contribution in [0.15, 0.2) is 12.7 Å². The summed E-state index contributed by atoms with van der Waals surface area (Å²) in [5.41, 5.74) is -1.80. The number of amides is 2. The molecule has 1 spiro atoms. The Labute approximate surface area is 236 Å². The quantitative estimate of drug-likeness (QED) is 0.220. The third-order valence-corrected chi connectivity index (χ3v) is 9.48. The van der Waals surface area contributed by atoms with Crippen LogP contribution in [0.5, 0.6) is 0 Å². The summed E-state index contributed by atoms with van der Waals surface area (Å²) in [7, 11) is 0. The molecular formula is C29H47BrN2O6. The van der Waals surface area contributed by atoms with Gasteiger partial charge in [0.15, 0.2) is 0 Å². The number of likely N-dealkylation sites (tertiary alicyclic amines) is 1. The van der Waals surface area contributed by atoms with E-state index in [-0.39, 0.29) is 41.2 Å². The molecule has 0 aromatic rings. The number of rotatable bonds is 11. The molecule has 3 aliphatic heterocycles. The van der Waals surface area contributed by atoms with Gasteiger partial charge in [-0.2, -0.15) is 0 Å². The van der Waals surface area contributed by atoms with Gasteiger partial charge >= 0.3 is 5.97 Å². The zero-order chi connectivity index (χ0) is 28.8. The second-order valence-electron chi connectivity index (χ2n) is 13.1. The highest BCUT2D eigenvalue weighted by Gasteiger charge is 2.78. The average molecular weight is 600 g/mol. The van der Waals surface area contributed by atoms with Gasteiger partial charge in [0.2, 0.25) is 11.8 Å². The smallest absolute Gasteiger partial charge is 0.312 e. The summed E-state index contributed by atoms with van der Waals surface area (Å²) < 4.78 is 12.0. The molecule has 0 saturated carbocycles. The van der Waals surface area contributed by atoms with Gasteiger partial charge in [0.1, 0.15) is 11.6 Å². The molecule has 0 aromatic heterocycles. The maximum atomic E-state index is 14.8. The molecule has 3 fully saturated rings. The Bertz CT molecular complexity index is 933. The SMILES string of the molecule is C=CCN(C(=O)[C@H]1N([C@@H](CO)[C@@H](C)CC)C(=O)[C@@H]2[C@@H](C(=O)OCC)[C@@H]3O[C@@]21CC3Br)C(C)(C)CC(C)(C)C. The van der Waals surface area contributed by atoms with E-state index in [1.165, 1.54) is 0 Å². The van der Waals surface area contributed by atoms with E-state index in [2.05, 4.69) is 43.3 Å². The van der Waals surface area contributed by atoms with Gasteiger partial charge in [-0.05, 0) is 44.9 Å². The van der Waals surface area contributed by atoms with E-state index in [1.807, 2.05) is 27.7 Å². The predicted octanol–water partition coefficient (Wildman–Crippen LogP) is 3.93. The van der Waals surface area contributed by atoms with Crippen LogP contribution in [0.4, 0.5) is 0 Å². The first-order chi connectivity index (χ1) is 17.6. The number of nitrogens with zero attached hydrogens (tertiary/aromatic N) is 2. The molecule has 2 amide bonds. The lowest BCUT2D eigenvalue weighted by molar-refractivity contribution is -0.158. The number of aliphatic hydroxyl groups is 1. The fourth-order valence-electron chi connectivity index (χ4n) is 7.33. The normalized spacial score (nSPS) is 32.2. The molecule has 1 unspecified atom stereocenters. The minimum absolute atomic E-state index is 0.0577. The fraction of sp³-hybridized carbons (Fsp3) is 0.828. The van der Waals surface area contributed by atoms with Crippen LogP contribution < -0.4 is 0 Å². The van der Waals surface area contributed by atoms with E-state index < -0.39 is 47.1 Å². The van der Waals surface area contributed by atoms with E-state index in [1.54, 1.807) is 22.8 Å². The van der Waals surface area contributed by atoms with E-state index in [0.717, 1.165) is 6.42 Å². The number of hydrogen-bond donors (Lipinski definition) is 1. The molecule has 2 bridgehead atoms. The highest BCUT2D eigenvalue weighted by atomic mass is 79.9. The summed E-state index contributed by atoms with van der Waals surface area (Å²) in [5.74, 6) is -2.74. The minimum atomic E-state index is -1.19. The van der Waals surface area contributed by atoms with E-state index in [4.69, 9.17) is 9.47 Å². The lowest BCUT2D eigenvalue weighted by Crippen LogP contribution is -2.63. The van der Waals surface area contributed by atoms with Crippen molar-refractivity contribution in [1.29, 1.82) is 0 Å². The van der Waals surface area contributed by atoms with Crippen LogP contribution in [0.1, 0.15) is 74.7 Å². The van der Waals surface area contributed by atoms with Crippen LogP contribution in [0.25, 0.3) is 0 Å². The molecule has 3 aliphatic rings. The minimum Gasteiger partial charge on any atom is -0.466 e. The molecule has 3 saturated heterocycles. The summed E-state index contributed by atoms with van der Waals surface area (Å²) >= 11 is 3.69. The van der Waals surface area contributed by atoms with Gasteiger partial charge in [0, 0.05) is 16.9 Å². The third kappa shape index (κ3) is 5.19. The van der Waals surface area contributed by atoms with Crippen molar-refractivity contribution in [3.05, 3.63) is 12.7 Å². The first kappa shape index (κ1) is 31.1. The number of alkyl halides is 1. The van der Waals surface area contributed by atoms with Crippen LogP contribution in [-0.2, 0) is 23.9 Å². The second-order valence-corrected chi connectivity index (χ2v) is 14.3. The largest absolute Gasteiger partial charge is 0.466 e. The van der Waals surface area contributed by atoms with Crippen molar-refractivity contribution in [2.75, 3.05) is 19.8 Å². The Morgan fingerprint density at radius 3 is 2.45 bits per heavy atom. The van der Waals surface area contributed by atoms with Crippen LogP contribution in [-0.4, -0.2) is 86.6 Å². The Kier molecular flexibility index (Phi) is 9.16. The van der Waals surface area contributed by atoms with Crippen LogP contribution >= 0.6 is 15.9 Å². The summed E-state index contributed by atoms with van der Waals surface area (Å²) in [6.45, 7) is 20.3. The fourth-order valence-corrected chi connectivity index (χ4v) is 8.27. The molecule has 3 rings (SSSR count). The monoisotopic (exact) mass is 598 g/mol. The zero-order valence-electron chi connectivity index (χ0n) is 24.3. The molecule has 0 radical (unpaired) electrons.